The second kappa shape index (κ2) is 9.07. The molecule has 0 amide bonds. The fraction of sp³-hybridized carbons (Fsp3) is 0.733. The molecule has 6 nitrogen and oxygen atoms in total. The number of rotatable bonds is 6. The second-order valence-corrected chi connectivity index (χ2v) is 6.81. The van der Waals surface area contributed by atoms with Gasteiger partial charge in [0.25, 0.3) is 0 Å². The lowest BCUT2D eigenvalue weighted by Gasteiger charge is -2.34. The summed E-state index contributed by atoms with van der Waals surface area (Å²) < 4.78 is 0. The van der Waals surface area contributed by atoms with Gasteiger partial charge in [-0.05, 0) is 13.5 Å². The van der Waals surface area contributed by atoms with Gasteiger partial charge in [-0.15, -0.1) is 11.3 Å². The Kier molecular flexibility index (Phi) is 7.08. The van der Waals surface area contributed by atoms with Gasteiger partial charge in [-0.3, -0.25) is 9.89 Å². The number of guanidine groups is 1. The molecule has 1 saturated heterocycles. The summed E-state index contributed by atoms with van der Waals surface area (Å²) in [5.74, 6) is 0.847. The number of hydrogen-bond donors (Lipinski definition) is 2. The molecule has 0 aliphatic carbocycles. The predicted octanol–water partition coefficient (Wildman–Crippen LogP) is 0.754. The molecule has 0 unspecified atom stereocenters. The maximum absolute atomic E-state index is 4.35. The van der Waals surface area contributed by atoms with Crippen LogP contribution in [-0.4, -0.2) is 73.6 Å². The van der Waals surface area contributed by atoms with Crippen LogP contribution in [-0.2, 0) is 6.54 Å². The highest BCUT2D eigenvalue weighted by molar-refractivity contribution is 7.11. The number of hydrogen-bond acceptors (Lipinski definition) is 5. The van der Waals surface area contributed by atoms with Crippen LogP contribution in [0.5, 0.6) is 0 Å². The van der Waals surface area contributed by atoms with E-state index in [-0.39, 0.29) is 0 Å². The molecule has 0 bridgehead atoms. The maximum atomic E-state index is 4.35. The zero-order valence-corrected chi connectivity index (χ0v) is 14.7. The molecule has 0 spiro atoms. The Morgan fingerprint density at radius 1 is 1.27 bits per heavy atom. The summed E-state index contributed by atoms with van der Waals surface area (Å²) in [6.07, 6.45) is 1.91. The summed E-state index contributed by atoms with van der Waals surface area (Å²) in [5, 5.41) is 7.79. The molecular formula is C15H28N6S. The Hall–Kier alpha value is -1.18. The van der Waals surface area contributed by atoms with E-state index in [2.05, 4.69) is 44.3 Å². The molecule has 1 aliphatic heterocycles. The highest BCUT2D eigenvalue weighted by Crippen LogP contribution is 2.10. The van der Waals surface area contributed by atoms with Crippen molar-refractivity contribution in [2.75, 3.05) is 52.9 Å². The van der Waals surface area contributed by atoms with Crippen LogP contribution in [0.1, 0.15) is 16.8 Å². The largest absolute Gasteiger partial charge is 0.355 e. The lowest BCUT2D eigenvalue weighted by Crippen LogP contribution is -2.49. The highest BCUT2D eigenvalue weighted by Gasteiger charge is 2.14. The smallest absolute Gasteiger partial charge is 0.191 e. The molecule has 1 aromatic heterocycles. The maximum Gasteiger partial charge on any atom is 0.191 e. The topological polar surface area (TPSA) is 55.8 Å². The fourth-order valence-corrected chi connectivity index (χ4v) is 3.25. The van der Waals surface area contributed by atoms with Crippen molar-refractivity contribution in [1.29, 1.82) is 0 Å². The van der Waals surface area contributed by atoms with E-state index in [1.54, 1.807) is 11.3 Å². The Morgan fingerprint density at radius 2 is 2.00 bits per heavy atom. The van der Waals surface area contributed by atoms with Crippen LogP contribution < -0.4 is 10.6 Å². The molecule has 7 heteroatoms. The summed E-state index contributed by atoms with van der Waals surface area (Å²) in [6.45, 7) is 12.9. The lowest BCUT2D eigenvalue weighted by atomic mass is 10.3. The predicted molar refractivity (Wildman–Crippen MR) is 93.6 cm³/mol. The molecule has 1 fully saturated rings. The first-order chi connectivity index (χ1) is 10.7. The van der Waals surface area contributed by atoms with Crippen LogP contribution in [0.15, 0.2) is 11.2 Å². The van der Waals surface area contributed by atoms with Crippen molar-refractivity contribution in [3.8, 4) is 0 Å². The van der Waals surface area contributed by atoms with E-state index in [1.807, 2.05) is 13.2 Å². The normalized spacial score (nSPS) is 17.7. The van der Waals surface area contributed by atoms with Crippen LogP contribution in [0.2, 0.25) is 0 Å². The van der Waals surface area contributed by atoms with Crippen LogP contribution in [0, 0.1) is 6.92 Å². The summed E-state index contributed by atoms with van der Waals surface area (Å²) >= 11 is 1.72. The van der Waals surface area contributed by atoms with E-state index < -0.39 is 0 Å². The minimum atomic E-state index is 0.730. The average Bonchev–Trinajstić information content (AvgIpc) is 2.96. The molecule has 1 aliphatic rings. The number of nitrogens with one attached hydrogen (secondary N) is 2. The summed E-state index contributed by atoms with van der Waals surface area (Å²) in [5.41, 5.74) is 0. The summed E-state index contributed by atoms with van der Waals surface area (Å²) in [6, 6.07) is 0. The second-order valence-electron chi connectivity index (χ2n) is 5.49. The van der Waals surface area contributed by atoms with Gasteiger partial charge in [0.05, 0.1) is 6.54 Å². The molecule has 0 atom stereocenters. The van der Waals surface area contributed by atoms with Crippen molar-refractivity contribution in [3.63, 3.8) is 0 Å². The Bertz CT molecular complexity index is 464. The van der Waals surface area contributed by atoms with E-state index in [0.29, 0.717) is 0 Å². The molecule has 22 heavy (non-hydrogen) atoms. The van der Waals surface area contributed by atoms with E-state index >= 15 is 0 Å². The number of thiazole rings is 1. The first kappa shape index (κ1) is 17.2. The van der Waals surface area contributed by atoms with Crippen molar-refractivity contribution in [1.82, 2.24) is 25.4 Å². The molecule has 2 heterocycles. The standard InChI is InChI=1S/C15H28N6S/c1-4-20-7-9-21(10-8-20)6-5-17-15(16-3)19-12-14-18-11-13(2)22-14/h11H,4-10,12H2,1-3H3,(H2,16,17,19). The molecule has 124 valence electrons. The molecule has 0 aromatic carbocycles. The number of piperazine rings is 1. The molecule has 1 aromatic rings. The van der Waals surface area contributed by atoms with Crippen molar-refractivity contribution in [2.24, 2.45) is 4.99 Å². The van der Waals surface area contributed by atoms with Crippen molar-refractivity contribution >= 4 is 17.3 Å². The zero-order valence-electron chi connectivity index (χ0n) is 13.9. The quantitative estimate of drug-likeness (QED) is 0.597. The zero-order chi connectivity index (χ0) is 15.8. The third-order valence-electron chi connectivity index (χ3n) is 3.93. The average molecular weight is 324 g/mol. The fourth-order valence-electron chi connectivity index (χ4n) is 2.52. The van der Waals surface area contributed by atoms with Crippen molar-refractivity contribution < 1.29 is 0 Å². The van der Waals surface area contributed by atoms with Gasteiger partial charge < -0.3 is 15.5 Å². The Labute approximate surface area is 137 Å². The Morgan fingerprint density at radius 3 is 2.59 bits per heavy atom. The van der Waals surface area contributed by atoms with Crippen LogP contribution in [0.3, 0.4) is 0 Å². The van der Waals surface area contributed by atoms with E-state index in [4.69, 9.17) is 0 Å². The number of aromatic nitrogens is 1. The molecule has 0 radical (unpaired) electrons. The van der Waals surface area contributed by atoms with Gasteiger partial charge in [-0.1, -0.05) is 6.92 Å². The number of aliphatic imine (C=N–C) groups is 1. The van der Waals surface area contributed by atoms with E-state index in [1.165, 1.54) is 37.6 Å². The van der Waals surface area contributed by atoms with Gasteiger partial charge in [-0.25, -0.2) is 4.98 Å². The van der Waals surface area contributed by atoms with E-state index in [0.717, 1.165) is 30.6 Å². The minimum absolute atomic E-state index is 0.730. The Balaban J connectivity index is 1.62. The summed E-state index contributed by atoms with van der Waals surface area (Å²) in [7, 11) is 1.81. The molecule has 2 rings (SSSR count). The van der Waals surface area contributed by atoms with Crippen molar-refractivity contribution in [2.45, 2.75) is 20.4 Å². The number of nitrogens with zero attached hydrogens (tertiary/aromatic N) is 4. The van der Waals surface area contributed by atoms with Crippen molar-refractivity contribution in [3.05, 3.63) is 16.1 Å². The van der Waals surface area contributed by atoms with Gasteiger partial charge in [0.1, 0.15) is 5.01 Å². The summed E-state index contributed by atoms with van der Waals surface area (Å²) in [4.78, 5) is 14.9. The third kappa shape index (κ3) is 5.55. The molecule has 2 N–H and O–H groups in total. The number of aryl methyl sites for hydroxylation is 1. The first-order valence-corrected chi connectivity index (χ1v) is 8.83. The van der Waals surface area contributed by atoms with Gasteiger partial charge in [0.15, 0.2) is 5.96 Å². The molecule has 0 saturated carbocycles. The third-order valence-corrected chi connectivity index (χ3v) is 4.85. The van der Waals surface area contributed by atoms with Crippen LogP contribution >= 0.6 is 11.3 Å². The molecular weight excluding hydrogens is 296 g/mol. The lowest BCUT2D eigenvalue weighted by molar-refractivity contribution is 0.139. The monoisotopic (exact) mass is 324 g/mol. The van der Waals surface area contributed by atoms with Gasteiger partial charge in [0.2, 0.25) is 0 Å². The number of likely N-dealkylation sites (N-methyl/N-ethyl adjacent to an activating group) is 1. The van der Waals surface area contributed by atoms with Crippen LogP contribution in [0.25, 0.3) is 0 Å². The first-order valence-electron chi connectivity index (χ1n) is 8.01. The van der Waals surface area contributed by atoms with Crippen LogP contribution in [0.4, 0.5) is 0 Å². The van der Waals surface area contributed by atoms with Gasteiger partial charge >= 0.3 is 0 Å². The highest BCUT2D eigenvalue weighted by atomic mass is 32.1. The van der Waals surface area contributed by atoms with Gasteiger partial charge in [0, 0.05) is 57.4 Å². The van der Waals surface area contributed by atoms with E-state index in [9.17, 15) is 0 Å². The minimum Gasteiger partial charge on any atom is -0.355 e. The SMILES string of the molecule is CCN1CCN(CCNC(=NC)NCc2ncc(C)s2)CC1. The van der Waals surface area contributed by atoms with Gasteiger partial charge in [-0.2, -0.15) is 0 Å².